The molecule has 28 heavy (non-hydrogen) atoms. The van der Waals surface area contributed by atoms with Gasteiger partial charge in [-0.25, -0.2) is 5.10 Å². The lowest BCUT2D eigenvalue weighted by molar-refractivity contribution is -0.146. The van der Waals surface area contributed by atoms with Crippen LogP contribution in [0.5, 0.6) is 0 Å². The molecule has 1 heterocycles. The summed E-state index contributed by atoms with van der Waals surface area (Å²) in [6.45, 7) is 3.67. The van der Waals surface area contributed by atoms with Crippen LogP contribution in [0.15, 0.2) is 53.3 Å². The van der Waals surface area contributed by atoms with Gasteiger partial charge < -0.3 is 10.1 Å². The minimum Gasteiger partial charge on any atom is -0.455 e. The Balaban J connectivity index is 1.62. The lowest BCUT2D eigenvalue weighted by atomic mass is 10.0. The minimum absolute atomic E-state index is 0.146. The van der Waals surface area contributed by atoms with Crippen molar-refractivity contribution in [2.75, 3.05) is 11.9 Å². The molecule has 7 nitrogen and oxygen atoms in total. The van der Waals surface area contributed by atoms with Crippen molar-refractivity contribution in [3.63, 3.8) is 0 Å². The van der Waals surface area contributed by atoms with Crippen LogP contribution in [-0.4, -0.2) is 28.7 Å². The van der Waals surface area contributed by atoms with E-state index in [-0.39, 0.29) is 17.9 Å². The zero-order valence-electron chi connectivity index (χ0n) is 15.7. The first-order chi connectivity index (χ1) is 13.5. The molecule has 0 aliphatic rings. The number of aromatic amines is 1. The number of benzene rings is 2. The number of esters is 1. The second kappa shape index (κ2) is 8.47. The summed E-state index contributed by atoms with van der Waals surface area (Å²) in [7, 11) is 0. The minimum atomic E-state index is -0.600. The third kappa shape index (κ3) is 4.43. The van der Waals surface area contributed by atoms with Gasteiger partial charge in [-0.3, -0.25) is 14.4 Å². The molecular formula is C21H21N3O4. The van der Waals surface area contributed by atoms with E-state index in [0.717, 1.165) is 5.56 Å². The molecule has 0 spiro atoms. The summed E-state index contributed by atoms with van der Waals surface area (Å²) in [6, 6.07) is 14.4. The maximum absolute atomic E-state index is 12.1. The molecule has 0 aliphatic carbocycles. The van der Waals surface area contributed by atoms with Crippen LogP contribution in [0.1, 0.15) is 31.0 Å². The Bertz CT molecular complexity index is 1070. The summed E-state index contributed by atoms with van der Waals surface area (Å²) < 4.78 is 5.08. The maximum atomic E-state index is 12.1. The SMILES string of the molecule is CC(C)c1ccccc1NC(=O)COC(=O)Cc1n[nH]c(=O)c2ccccc12. The second-order valence-corrected chi connectivity index (χ2v) is 6.67. The Kier molecular flexibility index (Phi) is 5.84. The number of H-pyrrole nitrogens is 1. The van der Waals surface area contributed by atoms with Crippen molar-refractivity contribution in [3.05, 3.63) is 70.1 Å². The van der Waals surface area contributed by atoms with Crippen molar-refractivity contribution in [1.29, 1.82) is 0 Å². The van der Waals surface area contributed by atoms with Crippen molar-refractivity contribution < 1.29 is 14.3 Å². The number of fused-ring (bicyclic) bond motifs is 1. The van der Waals surface area contributed by atoms with E-state index in [0.29, 0.717) is 22.2 Å². The monoisotopic (exact) mass is 379 g/mol. The maximum Gasteiger partial charge on any atom is 0.312 e. The van der Waals surface area contributed by atoms with Gasteiger partial charge in [0.05, 0.1) is 17.5 Å². The fourth-order valence-electron chi connectivity index (χ4n) is 2.94. The van der Waals surface area contributed by atoms with E-state index in [1.807, 2.05) is 38.1 Å². The number of hydrogen-bond donors (Lipinski definition) is 2. The number of amides is 1. The quantitative estimate of drug-likeness (QED) is 0.642. The third-order valence-corrected chi connectivity index (χ3v) is 4.31. The van der Waals surface area contributed by atoms with Crippen molar-refractivity contribution in [2.24, 2.45) is 0 Å². The second-order valence-electron chi connectivity index (χ2n) is 6.67. The Hall–Kier alpha value is -3.48. The number of aromatic nitrogens is 2. The first kappa shape index (κ1) is 19.3. The van der Waals surface area contributed by atoms with E-state index in [9.17, 15) is 14.4 Å². The van der Waals surface area contributed by atoms with E-state index in [1.165, 1.54) is 0 Å². The van der Waals surface area contributed by atoms with E-state index < -0.39 is 18.5 Å². The number of anilines is 1. The molecule has 0 unspecified atom stereocenters. The van der Waals surface area contributed by atoms with Crippen LogP contribution in [0.4, 0.5) is 5.69 Å². The lowest BCUT2D eigenvalue weighted by Gasteiger charge is -2.13. The summed E-state index contributed by atoms with van der Waals surface area (Å²) in [5, 5.41) is 10.1. The molecule has 3 aromatic rings. The van der Waals surface area contributed by atoms with Gasteiger partial charge >= 0.3 is 5.97 Å². The fourth-order valence-corrected chi connectivity index (χ4v) is 2.94. The summed E-state index contributed by atoms with van der Waals surface area (Å²) in [6.07, 6.45) is -0.146. The van der Waals surface area contributed by atoms with Crippen LogP contribution in [0, 0.1) is 0 Å². The molecule has 0 fully saturated rings. The molecule has 2 aromatic carbocycles. The van der Waals surface area contributed by atoms with Crippen LogP contribution in [0.3, 0.4) is 0 Å². The van der Waals surface area contributed by atoms with Gasteiger partial charge in [-0.1, -0.05) is 50.2 Å². The highest BCUT2D eigenvalue weighted by atomic mass is 16.5. The van der Waals surface area contributed by atoms with Gasteiger partial charge in [0, 0.05) is 11.1 Å². The summed E-state index contributed by atoms with van der Waals surface area (Å²) in [4.78, 5) is 36.1. The molecule has 7 heteroatoms. The summed E-state index contributed by atoms with van der Waals surface area (Å²) >= 11 is 0. The third-order valence-electron chi connectivity index (χ3n) is 4.31. The van der Waals surface area contributed by atoms with Crippen molar-refractivity contribution in [1.82, 2.24) is 10.2 Å². The molecule has 0 radical (unpaired) electrons. The zero-order chi connectivity index (χ0) is 20.1. The predicted octanol–water partition coefficient (Wildman–Crippen LogP) is 2.77. The van der Waals surface area contributed by atoms with Gasteiger partial charge in [-0.05, 0) is 23.6 Å². The number of carbonyl (C=O) groups is 2. The van der Waals surface area contributed by atoms with Crippen LogP contribution < -0.4 is 10.9 Å². The van der Waals surface area contributed by atoms with Crippen molar-refractivity contribution in [3.8, 4) is 0 Å². The van der Waals surface area contributed by atoms with E-state index in [2.05, 4.69) is 15.5 Å². The van der Waals surface area contributed by atoms with Gasteiger partial charge in [-0.2, -0.15) is 5.10 Å². The number of carbonyl (C=O) groups excluding carboxylic acids is 2. The van der Waals surface area contributed by atoms with Gasteiger partial charge in [-0.15, -0.1) is 0 Å². The fraction of sp³-hybridized carbons (Fsp3) is 0.238. The Morgan fingerprint density at radius 1 is 1.07 bits per heavy atom. The normalized spacial score (nSPS) is 10.8. The number of nitrogens with zero attached hydrogens (tertiary/aromatic N) is 1. The Morgan fingerprint density at radius 3 is 2.50 bits per heavy atom. The summed E-state index contributed by atoms with van der Waals surface area (Å²) in [5.41, 5.74) is 1.78. The van der Waals surface area contributed by atoms with E-state index >= 15 is 0 Å². The molecule has 144 valence electrons. The highest BCUT2D eigenvalue weighted by Crippen LogP contribution is 2.23. The van der Waals surface area contributed by atoms with Crippen molar-refractivity contribution >= 4 is 28.3 Å². The van der Waals surface area contributed by atoms with Gasteiger partial charge in [0.15, 0.2) is 6.61 Å². The van der Waals surface area contributed by atoms with Crippen molar-refractivity contribution in [2.45, 2.75) is 26.2 Å². The van der Waals surface area contributed by atoms with E-state index in [4.69, 9.17) is 4.74 Å². The predicted molar refractivity (Wildman–Crippen MR) is 106 cm³/mol. The smallest absolute Gasteiger partial charge is 0.312 e. The molecule has 0 aliphatic heterocycles. The molecular weight excluding hydrogens is 358 g/mol. The molecule has 2 N–H and O–H groups in total. The molecule has 0 bridgehead atoms. The summed E-state index contributed by atoms with van der Waals surface area (Å²) in [5.74, 6) is -0.767. The van der Waals surface area contributed by atoms with Gasteiger partial charge in [0.2, 0.25) is 0 Å². The average Bonchev–Trinajstić information content (AvgIpc) is 2.69. The van der Waals surface area contributed by atoms with E-state index in [1.54, 1.807) is 24.3 Å². The molecule has 1 aromatic heterocycles. The van der Waals surface area contributed by atoms with Gasteiger partial charge in [0.1, 0.15) is 0 Å². The zero-order valence-corrected chi connectivity index (χ0v) is 15.7. The lowest BCUT2D eigenvalue weighted by Crippen LogP contribution is -2.23. The Labute approximate surface area is 161 Å². The van der Waals surface area contributed by atoms with Crippen LogP contribution >= 0.6 is 0 Å². The van der Waals surface area contributed by atoms with Crippen LogP contribution in [0.2, 0.25) is 0 Å². The number of para-hydroxylation sites is 1. The van der Waals surface area contributed by atoms with Crippen LogP contribution in [-0.2, 0) is 20.7 Å². The largest absolute Gasteiger partial charge is 0.455 e. The highest BCUT2D eigenvalue weighted by Gasteiger charge is 2.14. The van der Waals surface area contributed by atoms with Crippen LogP contribution in [0.25, 0.3) is 10.8 Å². The number of nitrogens with one attached hydrogen (secondary N) is 2. The number of hydrogen-bond acceptors (Lipinski definition) is 5. The standard InChI is InChI=1S/C21H21N3O4/c1-13(2)14-7-5-6-10-17(14)22-19(25)12-28-20(26)11-18-15-8-3-4-9-16(15)21(27)24-23-18/h3-10,13H,11-12H2,1-2H3,(H,22,25)(H,24,27). The highest BCUT2D eigenvalue weighted by molar-refractivity contribution is 5.94. The molecule has 0 saturated heterocycles. The number of ether oxygens (including phenoxy) is 1. The first-order valence-corrected chi connectivity index (χ1v) is 8.96. The Morgan fingerprint density at radius 2 is 1.75 bits per heavy atom. The molecule has 0 saturated carbocycles. The first-order valence-electron chi connectivity index (χ1n) is 8.96. The average molecular weight is 379 g/mol. The molecule has 1 amide bonds. The van der Waals surface area contributed by atoms with Gasteiger partial charge in [0.25, 0.3) is 11.5 Å². The number of rotatable bonds is 6. The molecule has 3 rings (SSSR count). The topological polar surface area (TPSA) is 101 Å². The molecule has 0 atom stereocenters.